The van der Waals surface area contributed by atoms with Crippen molar-refractivity contribution in [1.82, 2.24) is 24.6 Å². The van der Waals surface area contributed by atoms with E-state index >= 15 is 0 Å². The zero-order valence-corrected chi connectivity index (χ0v) is 16.6. The van der Waals surface area contributed by atoms with Gasteiger partial charge in [0, 0.05) is 11.8 Å². The van der Waals surface area contributed by atoms with Crippen molar-refractivity contribution in [2.75, 3.05) is 18.5 Å². The monoisotopic (exact) mass is 420 g/mol. The number of carbonyl (C=O) groups is 1. The summed E-state index contributed by atoms with van der Waals surface area (Å²) in [6, 6.07) is 12.3. The number of carbonyl (C=O) groups excluding carboxylic acids is 1. The molecule has 0 radical (unpaired) electrons. The summed E-state index contributed by atoms with van der Waals surface area (Å²) in [6.07, 6.45) is 1.89. The van der Waals surface area contributed by atoms with Gasteiger partial charge in [-0.25, -0.2) is 19.5 Å². The van der Waals surface area contributed by atoms with Crippen LogP contribution in [0, 0.1) is 6.92 Å². The van der Waals surface area contributed by atoms with Gasteiger partial charge in [0.25, 0.3) is 5.91 Å². The lowest BCUT2D eigenvalue weighted by atomic mass is 10.1. The number of aryl methyl sites for hydroxylation is 1. The van der Waals surface area contributed by atoms with E-state index in [1.54, 1.807) is 37.3 Å². The van der Waals surface area contributed by atoms with Crippen molar-refractivity contribution in [3.05, 3.63) is 66.4 Å². The second kappa shape index (κ2) is 8.86. The van der Waals surface area contributed by atoms with Gasteiger partial charge in [-0.1, -0.05) is 12.1 Å². The number of aliphatic hydroxyl groups excluding tert-OH is 2. The molecule has 3 N–H and O–H groups in total. The molecule has 4 aromatic rings. The summed E-state index contributed by atoms with van der Waals surface area (Å²) in [5.74, 6) is 0.460. The first-order chi connectivity index (χ1) is 15.1. The van der Waals surface area contributed by atoms with Crippen LogP contribution in [-0.2, 0) is 0 Å². The highest BCUT2D eigenvalue weighted by Gasteiger charge is 2.19. The van der Waals surface area contributed by atoms with Crippen LogP contribution in [0.5, 0.6) is 5.75 Å². The van der Waals surface area contributed by atoms with E-state index in [2.05, 4.69) is 25.4 Å². The Morgan fingerprint density at radius 1 is 1.23 bits per heavy atom. The molecule has 10 nitrogen and oxygen atoms in total. The average Bonchev–Trinajstić information content (AvgIpc) is 3.13. The summed E-state index contributed by atoms with van der Waals surface area (Å²) in [6.45, 7) is 1.27. The Kier molecular flexibility index (Phi) is 5.83. The number of imidazole rings is 1. The van der Waals surface area contributed by atoms with Crippen molar-refractivity contribution in [1.29, 1.82) is 0 Å². The standard InChI is InChI=1S/C21H20N6O4/c1-13-20(21(30)25-18-8-9-22-12-23-18)27-19(24-13)7-6-16(26-27)15-4-2-3-5-17(15)31-11-14(29)10-28/h2-9,12,14,28-29H,10-11H2,1H3,(H,22,23,25,30)/t14-/m1/s1. The Hall–Kier alpha value is -3.89. The number of aliphatic hydroxyl groups is 2. The maximum Gasteiger partial charge on any atom is 0.277 e. The molecular formula is C21H20N6O4. The van der Waals surface area contributed by atoms with Crippen molar-refractivity contribution < 1.29 is 19.7 Å². The zero-order valence-electron chi connectivity index (χ0n) is 16.6. The van der Waals surface area contributed by atoms with Crippen LogP contribution in [0.25, 0.3) is 16.9 Å². The molecule has 0 aliphatic rings. The number of ether oxygens (including phenoxy) is 1. The molecule has 0 unspecified atom stereocenters. The van der Waals surface area contributed by atoms with Gasteiger partial charge in [-0.15, -0.1) is 0 Å². The van der Waals surface area contributed by atoms with Gasteiger partial charge in [0.1, 0.15) is 30.6 Å². The molecule has 4 rings (SSSR count). The Morgan fingerprint density at radius 2 is 2.06 bits per heavy atom. The van der Waals surface area contributed by atoms with Crippen LogP contribution >= 0.6 is 0 Å². The summed E-state index contributed by atoms with van der Waals surface area (Å²) >= 11 is 0. The summed E-state index contributed by atoms with van der Waals surface area (Å²) in [5.41, 5.74) is 2.54. The van der Waals surface area contributed by atoms with Crippen LogP contribution < -0.4 is 10.1 Å². The van der Waals surface area contributed by atoms with E-state index in [-0.39, 0.29) is 12.3 Å². The number of benzene rings is 1. The minimum atomic E-state index is -0.989. The number of nitrogens with zero attached hydrogens (tertiary/aromatic N) is 5. The number of hydrogen-bond acceptors (Lipinski definition) is 8. The van der Waals surface area contributed by atoms with Gasteiger partial charge in [0.05, 0.1) is 18.0 Å². The van der Waals surface area contributed by atoms with Gasteiger partial charge in [-0.05, 0) is 37.3 Å². The number of rotatable bonds is 7. The normalized spacial score (nSPS) is 12.0. The van der Waals surface area contributed by atoms with E-state index in [0.717, 1.165) is 0 Å². The number of nitrogens with one attached hydrogen (secondary N) is 1. The summed E-state index contributed by atoms with van der Waals surface area (Å²) in [5, 5.41) is 25.9. The molecule has 0 spiro atoms. The van der Waals surface area contributed by atoms with E-state index in [1.165, 1.54) is 17.0 Å². The number of fused-ring (bicyclic) bond motifs is 1. The van der Waals surface area contributed by atoms with Crippen molar-refractivity contribution in [3.63, 3.8) is 0 Å². The first kappa shape index (κ1) is 20.4. The number of hydrogen-bond donors (Lipinski definition) is 3. The maximum atomic E-state index is 12.9. The Morgan fingerprint density at radius 3 is 2.84 bits per heavy atom. The van der Waals surface area contributed by atoms with Crippen LogP contribution in [0.2, 0.25) is 0 Å². The predicted octanol–water partition coefficient (Wildman–Crippen LogP) is 1.48. The molecule has 1 aromatic carbocycles. The largest absolute Gasteiger partial charge is 0.490 e. The molecule has 0 fully saturated rings. The summed E-state index contributed by atoms with van der Waals surface area (Å²) in [7, 11) is 0. The van der Waals surface area contributed by atoms with E-state index in [9.17, 15) is 9.90 Å². The lowest BCUT2D eigenvalue weighted by Crippen LogP contribution is -2.21. The predicted molar refractivity (Wildman–Crippen MR) is 112 cm³/mol. The van der Waals surface area contributed by atoms with E-state index in [4.69, 9.17) is 9.84 Å². The van der Waals surface area contributed by atoms with Crippen LogP contribution in [0.3, 0.4) is 0 Å². The minimum Gasteiger partial charge on any atom is -0.490 e. The van der Waals surface area contributed by atoms with Crippen molar-refractivity contribution in [3.8, 4) is 17.0 Å². The fourth-order valence-corrected chi connectivity index (χ4v) is 3.03. The Balaban J connectivity index is 1.70. The molecule has 0 aliphatic carbocycles. The highest BCUT2D eigenvalue weighted by Crippen LogP contribution is 2.29. The highest BCUT2D eigenvalue weighted by atomic mass is 16.5. The SMILES string of the molecule is Cc1nc2ccc(-c3ccccc3OC[C@H](O)CO)nn2c1C(=O)Nc1ccncn1. The fraction of sp³-hybridized carbons (Fsp3) is 0.190. The van der Waals surface area contributed by atoms with Gasteiger partial charge in [0.2, 0.25) is 0 Å². The van der Waals surface area contributed by atoms with Crippen LogP contribution in [-0.4, -0.2) is 60.0 Å². The number of para-hydroxylation sites is 1. The summed E-state index contributed by atoms with van der Waals surface area (Å²) in [4.78, 5) is 25.1. The van der Waals surface area contributed by atoms with Crippen molar-refractivity contribution in [2.24, 2.45) is 0 Å². The van der Waals surface area contributed by atoms with Crippen LogP contribution in [0.15, 0.2) is 55.0 Å². The van der Waals surface area contributed by atoms with Crippen LogP contribution in [0.1, 0.15) is 16.2 Å². The van der Waals surface area contributed by atoms with E-state index in [0.29, 0.717) is 34.2 Å². The van der Waals surface area contributed by atoms with Gasteiger partial charge >= 0.3 is 0 Å². The van der Waals surface area contributed by atoms with Gasteiger partial charge in [-0.3, -0.25) is 4.79 Å². The van der Waals surface area contributed by atoms with Crippen molar-refractivity contribution >= 4 is 17.4 Å². The molecule has 158 valence electrons. The zero-order chi connectivity index (χ0) is 21.8. The molecule has 0 saturated heterocycles. The quantitative estimate of drug-likeness (QED) is 0.409. The molecule has 31 heavy (non-hydrogen) atoms. The molecule has 3 aromatic heterocycles. The summed E-state index contributed by atoms with van der Waals surface area (Å²) < 4.78 is 7.12. The van der Waals surface area contributed by atoms with E-state index in [1.807, 2.05) is 12.1 Å². The first-order valence-electron chi connectivity index (χ1n) is 9.51. The third kappa shape index (κ3) is 4.34. The number of aromatic nitrogens is 5. The second-order valence-corrected chi connectivity index (χ2v) is 6.73. The fourth-order valence-electron chi connectivity index (χ4n) is 3.03. The number of amides is 1. The minimum absolute atomic E-state index is 0.0630. The van der Waals surface area contributed by atoms with E-state index < -0.39 is 18.6 Å². The molecule has 10 heteroatoms. The third-order valence-electron chi connectivity index (χ3n) is 4.50. The molecule has 1 atom stereocenters. The molecule has 0 bridgehead atoms. The highest BCUT2D eigenvalue weighted by molar-refractivity contribution is 6.03. The first-order valence-corrected chi connectivity index (χ1v) is 9.51. The topological polar surface area (TPSA) is 135 Å². The average molecular weight is 420 g/mol. The van der Waals surface area contributed by atoms with Gasteiger partial charge < -0.3 is 20.3 Å². The maximum absolute atomic E-state index is 12.9. The Bertz CT molecular complexity index is 1210. The molecule has 3 heterocycles. The number of anilines is 1. The third-order valence-corrected chi connectivity index (χ3v) is 4.50. The molecule has 1 amide bonds. The van der Waals surface area contributed by atoms with Gasteiger partial charge in [-0.2, -0.15) is 5.10 Å². The van der Waals surface area contributed by atoms with Crippen LogP contribution in [0.4, 0.5) is 5.82 Å². The molecule has 0 aliphatic heterocycles. The smallest absolute Gasteiger partial charge is 0.277 e. The second-order valence-electron chi connectivity index (χ2n) is 6.73. The lowest BCUT2D eigenvalue weighted by molar-refractivity contribution is 0.0538. The molecular weight excluding hydrogens is 400 g/mol. The van der Waals surface area contributed by atoms with Gasteiger partial charge in [0.15, 0.2) is 11.3 Å². The van der Waals surface area contributed by atoms with Crippen molar-refractivity contribution in [2.45, 2.75) is 13.0 Å². The lowest BCUT2D eigenvalue weighted by Gasteiger charge is -2.13. The molecule has 0 saturated carbocycles. The Labute approximate surface area is 177 Å².